The van der Waals surface area contributed by atoms with Crippen LogP contribution in [0.5, 0.6) is 11.5 Å². The maximum atomic E-state index is 12.9. The molecule has 0 saturated carbocycles. The number of halogens is 2. The number of benzene rings is 1. The topological polar surface area (TPSA) is 29.5 Å². The van der Waals surface area contributed by atoms with Crippen LogP contribution in [0.1, 0.15) is 0 Å². The average molecular weight is 221 g/mol. The van der Waals surface area contributed by atoms with Crippen molar-refractivity contribution in [1.82, 2.24) is 0 Å². The van der Waals surface area contributed by atoms with Gasteiger partial charge in [-0.1, -0.05) is 0 Å². The Bertz CT molecular complexity index is 275. The van der Waals surface area contributed by atoms with Crippen molar-refractivity contribution in [3.8, 4) is 11.5 Å². The molecule has 0 fully saturated rings. The van der Waals surface area contributed by atoms with Crippen molar-refractivity contribution in [3.63, 3.8) is 0 Å². The zero-order chi connectivity index (χ0) is 8.43. The van der Waals surface area contributed by atoms with Crippen molar-refractivity contribution in [2.45, 2.75) is 0 Å². The van der Waals surface area contributed by atoms with Crippen LogP contribution < -0.4 is 4.74 Å². The molecule has 1 aromatic carbocycles. The second-order valence-electron chi connectivity index (χ2n) is 1.94. The molecule has 0 radical (unpaired) electrons. The molecule has 0 aromatic heterocycles. The number of hydrogen-bond acceptors (Lipinski definition) is 2. The van der Waals surface area contributed by atoms with Gasteiger partial charge in [0.25, 0.3) is 0 Å². The maximum absolute atomic E-state index is 12.9. The van der Waals surface area contributed by atoms with E-state index in [1.54, 1.807) is 0 Å². The number of phenols is 1. The van der Waals surface area contributed by atoms with E-state index < -0.39 is 5.82 Å². The highest BCUT2D eigenvalue weighted by Crippen LogP contribution is 2.29. The molecular weight excluding hydrogens is 215 g/mol. The smallest absolute Gasteiger partial charge is 0.179 e. The standard InChI is InChI=1S/C7H6BrFO2/c1-11-6-3-4(10)2-5(8)7(6)9/h2-3,10H,1H3. The molecule has 11 heavy (non-hydrogen) atoms. The van der Waals surface area contributed by atoms with Gasteiger partial charge in [0.2, 0.25) is 0 Å². The van der Waals surface area contributed by atoms with Crippen LogP contribution in [0.3, 0.4) is 0 Å². The van der Waals surface area contributed by atoms with E-state index >= 15 is 0 Å². The molecule has 60 valence electrons. The number of ether oxygens (including phenoxy) is 1. The number of aromatic hydroxyl groups is 1. The van der Waals surface area contributed by atoms with Gasteiger partial charge in [0.05, 0.1) is 11.6 Å². The summed E-state index contributed by atoms with van der Waals surface area (Å²) in [5.74, 6) is -0.516. The Labute approximate surface area is 71.7 Å². The fraction of sp³-hybridized carbons (Fsp3) is 0.143. The van der Waals surface area contributed by atoms with E-state index in [-0.39, 0.29) is 16.0 Å². The quantitative estimate of drug-likeness (QED) is 0.788. The van der Waals surface area contributed by atoms with Crippen molar-refractivity contribution in [2.24, 2.45) is 0 Å². The fourth-order valence-corrected chi connectivity index (χ4v) is 1.13. The van der Waals surface area contributed by atoms with Gasteiger partial charge in [0.1, 0.15) is 5.75 Å². The molecule has 0 heterocycles. The molecule has 0 aliphatic carbocycles. The van der Waals surface area contributed by atoms with Crippen LogP contribution in [-0.2, 0) is 0 Å². The van der Waals surface area contributed by atoms with Gasteiger partial charge in [0, 0.05) is 6.07 Å². The van der Waals surface area contributed by atoms with Crippen molar-refractivity contribution >= 4 is 15.9 Å². The summed E-state index contributed by atoms with van der Waals surface area (Å²) in [5.41, 5.74) is 0. The summed E-state index contributed by atoms with van der Waals surface area (Å²) in [5, 5.41) is 8.97. The van der Waals surface area contributed by atoms with Gasteiger partial charge in [0.15, 0.2) is 11.6 Å². The molecular formula is C7H6BrFO2. The number of phenolic OH excluding ortho intramolecular Hbond substituents is 1. The third kappa shape index (κ3) is 1.63. The lowest BCUT2D eigenvalue weighted by Gasteiger charge is -2.03. The molecule has 0 amide bonds. The minimum atomic E-state index is -0.509. The summed E-state index contributed by atoms with van der Waals surface area (Å²) in [6, 6.07) is 2.47. The first-order valence-electron chi connectivity index (χ1n) is 2.87. The second-order valence-corrected chi connectivity index (χ2v) is 2.80. The lowest BCUT2D eigenvalue weighted by atomic mass is 10.3. The zero-order valence-corrected chi connectivity index (χ0v) is 7.35. The molecule has 1 N–H and O–H groups in total. The van der Waals surface area contributed by atoms with E-state index in [0.29, 0.717) is 0 Å². The molecule has 4 heteroatoms. The van der Waals surface area contributed by atoms with Crippen LogP contribution >= 0.6 is 15.9 Å². The average Bonchev–Trinajstić information content (AvgIpc) is 1.96. The fourth-order valence-electron chi connectivity index (χ4n) is 0.699. The van der Waals surface area contributed by atoms with Crippen LogP contribution in [0, 0.1) is 5.82 Å². The van der Waals surface area contributed by atoms with E-state index in [1.807, 2.05) is 0 Å². The van der Waals surface area contributed by atoms with Gasteiger partial charge in [-0.2, -0.15) is 0 Å². The van der Waals surface area contributed by atoms with Crippen LogP contribution in [0.25, 0.3) is 0 Å². The second kappa shape index (κ2) is 3.09. The summed E-state index contributed by atoms with van der Waals surface area (Å²) in [6.45, 7) is 0. The monoisotopic (exact) mass is 220 g/mol. The summed E-state index contributed by atoms with van der Waals surface area (Å²) in [6.07, 6.45) is 0. The van der Waals surface area contributed by atoms with E-state index in [0.717, 1.165) is 0 Å². The largest absolute Gasteiger partial charge is 0.508 e. The SMILES string of the molecule is COc1cc(O)cc(Br)c1F. The summed E-state index contributed by atoms with van der Waals surface area (Å²) >= 11 is 2.92. The minimum absolute atomic E-state index is 0.0249. The Morgan fingerprint density at radius 1 is 1.55 bits per heavy atom. The molecule has 0 spiro atoms. The molecule has 0 saturated heterocycles. The van der Waals surface area contributed by atoms with E-state index in [1.165, 1.54) is 19.2 Å². The van der Waals surface area contributed by atoms with Gasteiger partial charge in [-0.25, -0.2) is 4.39 Å². The van der Waals surface area contributed by atoms with Crippen molar-refractivity contribution in [3.05, 3.63) is 22.4 Å². The summed E-state index contributed by atoms with van der Waals surface area (Å²) in [4.78, 5) is 0. The van der Waals surface area contributed by atoms with Crippen molar-refractivity contribution in [2.75, 3.05) is 7.11 Å². The Morgan fingerprint density at radius 2 is 2.18 bits per heavy atom. The van der Waals surface area contributed by atoms with Crippen LogP contribution in [-0.4, -0.2) is 12.2 Å². The number of rotatable bonds is 1. The summed E-state index contributed by atoms with van der Waals surface area (Å²) in [7, 11) is 1.34. The first kappa shape index (κ1) is 8.33. The number of methoxy groups -OCH3 is 1. The van der Waals surface area contributed by atoms with E-state index in [9.17, 15) is 4.39 Å². The highest BCUT2D eigenvalue weighted by atomic mass is 79.9. The van der Waals surface area contributed by atoms with Gasteiger partial charge in [-0.05, 0) is 22.0 Å². The van der Waals surface area contributed by atoms with Crippen molar-refractivity contribution in [1.29, 1.82) is 0 Å². The van der Waals surface area contributed by atoms with Gasteiger partial charge in [-0.15, -0.1) is 0 Å². The highest BCUT2D eigenvalue weighted by Gasteiger charge is 2.07. The van der Waals surface area contributed by atoms with Crippen LogP contribution in [0.15, 0.2) is 16.6 Å². The van der Waals surface area contributed by atoms with Gasteiger partial charge >= 0.3 is 0 Å². The molecule has 0 aliphatic rings. The highest BCUT2D eigenvalue weighted by molar-refractivity contribution is 9.10. The van der Waals surface area contributed by atoms with Crippen LogP contribution in [0.4, 0.5) is 4.39 Å². The lowest BCUT2D eigenvalue weighted by molar-refractivity contribution is 0.379. The Morgan fingerprint density at radius 3 is 2.73 bits per heavy atom. The Kier molecular flexibility index (Phi) is 2.34. The molecule has 0 unspecified atom stereocenters. The predicted molar refractivity (Wildman–Crippen MR) is 42.3 cm³/mol. The lowest BCUT2D eigenvalue weighted by Crippen LogP contribution is -1.88. The minimum Gasteiger partial charge on any atom is -0.508 e. The molecule has 0 aliphatic heterocycles. The molecule has 0 atom stereocenters. The first-order valence-corrected chi connectivity index (χ1v) is 3.66. The third-order valence-corrected chi connectivity index (χ3v) is 1.78. The Balaban J connectivity index is 3.24. The molecule has 1 rings (SSSR count). The maximum Gasteiger partial charge on any atom is 0.179 e. The predicted octanol–water partition coefficient (Wildman–Crippen LogP) is 2.30. The first-order chi connectivity index (χ1) is 5.15. The van der Waals surface area contributed by atoms with Gasteiger partial charge in [-0.3, -0.25) is 0 Å². The summed E-state index contributed by atoms with van der Waals surface area (Å²) < 4.78 is 17.7. The van der Waals surface area contributed by atoms with Crippen LogP contribution in [0.2, 0.25) is 0 Å². The van der Waals surface area contributed by atoms with E-state index in [4.69, 9.17) is 5.11 Å². The third-order valence-electron chi connectivity index (χ3n) is 1.20. The molecule has 0 bridgehead atoms. The molecule has 2 nitrogen and oxygen atoms in total. The normalized spacial score (nSPS) is 9.73. The number of hydrogen-bond donors (Lipinski definition) is 1. The zero-order valence-electron chi connectivity index (χ0n) is 5.77. The van der Waals surface area contributed by atoms with Crippen molar-refractivity contribution < 1.29 is 14.2 Å². The van der Waals surface area contributed by atoms with E-state index in [2.05, 4.69) is 20.7 Å². The Hall–Kier alpha value is -0.770. The van der Waals surface area contributed by atoms with Gasteiger partial charge < -0.3 is 9.84 Å². The molecule has 1 aromatic rings.